The van der Waals surface area contributed by atoms with E-state index in [0.29, 0.717) is 6.61 Å². The summed E-state index contributed by atoms with van der Waals surface area (Å²) in [7, 11) is 1.71. The van der Waals surface area contributed by atoms with Crippen LogP contribution in [0.15, 0.2) is 24.3 Å². The SMILES string of the molecule is CCCC(CBr)(CCC)COc1cccc(COC)c1. The van der Waals surface area contributed by atoms with Crippen LogP contribution in [-0.4, -0.2) is 19.0 Å². The minimum Gasteiger partial charge on any atom is -0.493 e. The molecule has 3 heteroatoms. The minimum atomic E-state index is 0.251. The minimum absolute atomic E-state index is 0.251. The molecule has 20 heavy (non-hydrogen) atoms. The molecule has 0 radical (unpaired) electrons. The maximum Gasteiger partial charge on any atom is 0.119 e. The molecule has 1 rings (SSSR count). The molecule has 0 aliphatic rings. The van der Waals surface area contributed by atoms with Crippen LogP contribution in [0, 0.1) is 5.41 Å². The zero-order valence-electron chi connectivity index (χ0n) is 13.0. The van der Waals surface area contributed by atoms with Crippen LogP contribution in [0.3, 0.4) is 0 Å². The lowest BCUT2D eigenvalue weighted by Crippen LogP contribution is -2.30. The molecule has 0 amide bonds. The maximum absolute atomic E-state index is 6.07. The smallest absolute Gasteiger partial charge is 0.119 e. The van der Waals surface area contributed by atoms with Crippen molar-refractivity contribution in [1.29, 1.82) is 0 Å². The van der Waals surface area contributed by atoms with Crippen LogP contribution in [0.2, 0.25) is 0 Å². The van der Waals surface area contributed by atoms with Crippen molar-refractivity contribution in [3.8, 4) is 5.75 Å². The second kappa shape index (κ2) is 9.41. The lowest BCUT2D eigenvalue weighted by molar-refractivity contribution is 0.144. The Balaban J connectivity index is 2.68. The lowest BCUT2D eigenvalue weighted by Gasteiger charge is -2.31. The van der Waals surface area contributed by atoms with Crippen molar-refractivity contribution in [2.45, 2.75) is 46.1 Å². The van der Waals surface area contributed by atoms with E-state index >= 15 is 0 Å². The summed E-state index contributed by atoms with van der Waals surface area (Å²) in [6.07, 6.45) is 4.78. The van der Waals surface area contributed by atoms with Crippen LogP contribution in [-0.2, 0) is 11.3 Å². The van der Waals surface area contributed by atoms with E-state index in [0.717, 1.165) is 23.2 Å². The highest BCUT2D eigenvalue weighted by molar-refractivity contribution is 9.09. The second-order valence-electron chi connectivity index (χ2n) is 5.50. The third kappa shape index (κ3) is 5.45. The Hall–Kier alpha value is -0.540. The molecule has 0 unspecified atom stereocenters. The topological polar surface area (TPSA) is 18.5 Å². The van der Waals surface area contributed by atoms with Crippen molar-refractivity contribution < 1.29 is 9.47 Å². The Kier molecular flexibility index (Phi) is 8.24. The largest absolute Gasteiger partial charge is 0.493 e. The zero-order valence-corrected chi connectivity index (χ0v) is 14.5. The molecule has 1 aromatic rings. The molecule has 1 aromatic carbocycles. The molecular formula is C17H27BrO2. The van der Waals surface area contributed by atoms with E-state index in [9.17, 15) is 0 Å². The number of ether oxygens (including phenoxy) is 2. The molecule has 0 N–H and O–H groups in total. The molecule has 0 fully saturated rings. The van der Waals surface area contributed by atoms with Gasteiger partial charge in [0.15, 0.2) is 0 Å². The first kappa shape index (κ1) is 17.5. The Bertz CT molecular complexity index is 373. The van der Waals surface area contributed by atoms with E-state index in [2.05, 4.69) is 41.9 Å². The first-order valence-electron chi connectivity index (χ1n) is 7.46. The predicted octanol–water partition coefficient (Wildman–Crippen LogP) is 5.19. The van der Waals surface area contributed by atoms with E-state index in [-0.39, 0.29) is 5.41 Å². The third-order valence-electron chi connectivity index (χ3n) is 3.60. The molecule has 0 heterocycles. The van der Waals surface area contributed by atoms with Gasteiger partial charge in [-0.3, -0.25) is 0 Å². The summed E-state index contributed by atoms with van der Waals surface area (Å²) in [6, 6.07) is 8.18. The molecule has 114 valence electrons. The molecule has 0 aliphatic heterocycles. The number of alkyl halides is 1. The van der Waals surface area contributed by atoms with Gasteiger partial charge in [0, 0.05) is 17.9 Å². The van der Waals surface area contributed by atoms with Crippen molar-refractivity contribution in [3.05, 3.63) is 29.8 Å². The molecule has 0 atom stereocenters. The van der Waals surface area contributed by atoms with Gasteiger partial charge in [-0.05, 0) is 30.5 Å². The van der Waals surface area contributed by atoms with E-state index < -0.39 is 0 Å². The van der Waals surface area contributed by atoms with Gasteiger partial charge in [0.25, 0.3) is 0 Å². The highest BCUT2D eigenvalue weighted by Crippen LogP contribution is 2.33. The lowest BCUT2D eigenvalue weighted by atomic mass is 9.82. The molecule has 2 nitrogen and oxygen atoms in total. The standard InChI is InChI=1S/C17H27BrO2/c1-4-9-17(13-18,10-5-2)14-20-16-8-6-7-15(11-16)12-19-3/h6-8,11H,4-5,9-10,12-14H2,1-3H3. The molecule has 0 aromatic heterocycles. The Morgan fingerprint density at radius 2 is 1.85 bits per heavy atom. The fraction of sp³-hybridized carbons (Fsp3) is 0.647. The van der Waals surface area contributed by atoms with Crippen molar-refractivity contribution in [1.82, 2.24) is 0 Å². The number of hydrogen-bond acceptors (Lipinski definition) is 2. The first-order chi connectivity index (χ1) is 9.69. The first-order valence-corrected chi connectivity index (χ1v) is 8.58. The number of methoxy groups -OCH3 is 1. The Morgan fingerprint density at radius 3 is 2.40 bits per heavy atom. The van der Waals surface area contributed by atoms with Gasteiger partial charge in [-0.15, -0.1) is 0 Å². The van der Waals surface area contributed by atoms with Crippen LogP contribution in [0.1, 0.15) is 45.1 Å². The summed E-state index contributed by atoms with van der Waals surface area (Å²) in [4.78, 5) is 0. The van der Waals surface area contributed by atoms with Gasteiger partial charge in [-0.1, -0.05) is 54.8 Å². The van der Waals surface area contributed by atoms with Crippen molar-refractivity contribution in [3.63, 3.8) is 0 Å². The summed E-state index contributed by atoms with van der Waals surface area (Å²) in [5.74, 6) is 0.942. The van der Waals surface area contributed by atoms with Gasteiger partial charge >= 0.3 is 0 Å². The summed E-state index contributed by atoms with van der Waals surface area (Å²) in [5.41, 5.74) is 1.40. The van der Waals surface area contributed by atoms with Crippen LogP contribution < -0.4 is 4.74 Å². The van der Waals surface area contributed by atoms with Gasteiger partial charge in [0.05, 0.1) is 13.2 Å². The van der Waals surface area contributed by atoms with E-state index in [4.69, 9.17) is 9.47 Å². The number of hydrogen-bond donors (Lipinski definition) is 0. The molecule has 0 spiro atoms. The maximum atomic E-state index is 6.07. The van der Waals surface area contributed by atoms with Crippen LogP contribution in [0.25, 0.3) is 0 Å². The summed E-state index contributed by atoms with van der Waals surface area (Å²) in [6.45, 7) is 5.89. The van der Waals surface area contributed by atoms with Crippen molar-refractivity contribution in [2.75, 3.05) is 19.0 Å². The van der Waals surface area contributed by atoms with Gasteiger partial charge in [-0.2, -0.15) is 0 Å². The van der Waals surface area contributed by atoms with Gasteiger partial charge in [-0.25, -0.2) is 0 Å². The average Bonchev–Trinajstić information content (AvgIpc) is 2.46. The van der Waals surface area contributed by atoms with Crippen LogP contribution >= 0.6 is 15.9 Å². The molecule has 0 saturated carbocycles. The molecule has 0 bridgehead atoms. The predicted molar refractivity (Wildman–Crippen MR) is 88.7 cm³/mol. The van der Waals surface area contributed by atoms with Crippen molar-refractivity contribution >= 4 is 15.9 Å². The van der Waals surface area contributed by atoms with Crippen LogP contribution in [0.4, 0.5) is 0 Å². The highest BCUT2D eigenvalue weighted by atomic mass is 79.9. The highest BCUT2D eigenvalue weighted by Gasteiger charge is 2.28. The fourth-order valence-electron chi connectivity index (χ4n) is 2.63. The monoisotopic (exact) mass is 342 g/mol. The molecule has 0 saturated heterocycles. The van der Waals surface area contributed by atoms with Gasteiger partial charge < -0.3 is 9.47 Å². The van der Waals surface area contributed by atoms with E-state index in [1.165, 1.54) is 25.7 Å². The fourth-order valence-corrected chi connectivity index (χ4v) is 3.35. The summed E-state index contributed by atoms with van der Waals surface area (Å²) >= 11 is 3.69. The Labute approximate surface area is 132 Å². The normalized spacial score (nSPS) is 11.6. The van der Waals surface area contributed by atoms with E-state index in [1.54, 1.807) is 7.11 Å². The average molecular weight is 343 g/mol. The summed E-state index contributed by atoms with van der Waals surface area (Å²) < 4.78 is 11.2. The summed E-state index contributed by atoms with van der Waals surface area (Å²) in [5, 5.41) is 0.999. The quantitative estimate of drug-likeness (QED) is 0.544. The van der Waals surface area contributed by atoms with E-state index in [1.807, 2.05) is 12.1 Å². The third-order valence-corrected chi connectivity index (χ3v) is 4.79. The number of rotatable bonds is 10. The van der Waals surface area contributed by atoms with Crippen LogP contribution in [0.5, 0.6) is 5.75 Å². The number of benzene rings is 1. The Morgan fingerprint density at radius 1 is 1.15 bits per heavy atom. The van der Waals surface area contributed by atoms with Crippen molar-refractivity contribution in [2.24, 2.45) is 5.41 Å². The van der Waals surface area contributed by atoms with Gasteiger partial charge in [0.2, 0.25) is 0 Å². The number of halogens is 1. The second-order valence-corrected chi connectivity index (χ2v) is 6.06. The molecule has 0 aliphatic carbocycles. The molecular weight excluding hydrogens is 316 g/mol. The zero-order chi connectivity index (χ0) is 14.8. The van der Waals surface area contributed by atoms with Gasteiger partial charge in [0.1, 0.15) is 5.75 Å².